The minimum absolute atomic E-state index is 0.0119. The fraction of sp³-hybridized carbons (Fsp3) is 0.308. The molecule has 0 spiro atoms. The van der Waals surface area contributed by atoms with Crippen molar-refractivity contribution in [2.45, 2.75) is 52.9 Å². The molecule has 2 atom stereocenters. The summed E-state index contributed by atoms with van der Waals surface area (Å²) >= 11 is 0. The van der Waals surface area contributed by atoms with Crippen LogP contribution in [-0.4, -0.2) is 27.6 Å². The second-order valence-electron chi connectivity index (χ2n) is 8.52. The largest absolute Gasteiger partial charge is 0.305 e. The summed E-state index contributed by atoms with van der Waals surface area (Å²) in [5.41, 5.74) is 0. The molecule has 0 bridgehead atoms. The van der Waals surface area contributed by atoms with E-state index in [9.17, 15) is 4.57 Å². The Morgan fingerprint density at radius 1 is 0.656 bits per heavy atom. The van der Waals surface area contributed by atoms with Gasteiger partial charge >= 0.3 is 0 Å². The van der Waals surface area contributed by atoms with Crippen molar-refractivity contribution in [3.63, 3.8) is 0 Å². The highest BCUT2D eigenvalue weighted by Gasteiger charge is 2.42. The molecule has 0 aliphatic carbocycles. The molecule has 2 unspecified atom stereocenters. The predicted octanol–water partition coefficient (Wildman–Crippen LogP) is 5.48. The van der Waals surface area contributed by atoms with Gasteiger partial charge in [-0.1, -0.05) is 66.7 Å². The van der Waals surface area contributed by atoms with E-state index in [-0.39, 0.29) is 18.2 Å². The first-order valence-electron chi connectivity index (χ1n) is 11.2. The molecule has 32 heavy (non-hydrogen) atoms. The first-order valence-corrected chi connectivity index (χ1v) is 14.2. The zero-order chi connectivity index (χ0) is 23.3. The highest BCUT2D eigenvalue weighted by atomic mass is 31.2. The van der Waals surface area contributed by atoms with Crippen molar-refractivity contribution in [2.24, 2.45) is 0 Å². The van der Waals surface area contributed by atoms with Gasteiger partial charge in [0.15, 0.2) is 7.95 Å². The molecule has 0 heterocycles. The molecule has 3 aromatic carbocycles. The smallest absolute Gasteiger partial charge is 0.208 e. The summed E-state index contributed by atoms with van der Waals surface area (Å²) in [6.07, 6.45) is -0.312. The fourth-order valence-electron chi connectivity index (χ4n) is 4.36. The predicted molar refractivity (Wildman–Crippen MR) is 138 cm³/mol. The normalized spacial score (nSPS) is 14.3. The molecule has 170 valence electrons. The molecule has 6 heteroatoms. The maximum Gasteiger partial charge on any atom is 0.208 e. The van der Waals surface area contributed by atoms with Crippen molar-refractivity contribution in [1.82, 2.24) is 9.34 Å². The van der Waals surface area contributed by atoms with Crippen LogP contribution in [0, 0.1) is 0 Å². The van der Waals surface area contributed by atoms with E-state index < -0.39 is 15.2 Å². The van der Waals surface area contributed by atoms with E-state index in [1.807, 2.05) is 103 Å². The lowest BCUT2D eigenvalue weighted by atomic mass is 10.3. The minimum Gasteiger partial charge on any atom is -0.305 e. The summed E-state index contributed by atoms with van der Waals surface area (Å²) < 4.78 is 32.9. The fourth-order valence-corrected chi connectivity index (χ4v) is 9.38. The van der Waals surface area contributed by atoms with E-state index in [1.165, 1.54) is 0 Å². The summed E-state index contributed by atoms with van der Waals surface area (Å²) in [5.74, 6) is 0. The van der Waals surface area contributed by atoms with Crippen molar-refractivity contribution < 1.29 is 9.13 Å². The van der Waals surface area contributed by atoms with E-state index in [0.29, 0.717) is 0 Å². The van der Waals surface area contributed by atoms with Gasteiger partial charge in [-0.2, -0.15) is 0 Å². The lowest BCUT2D eigenvalue weighted by Gasteiger charge is -2.45. The molecule has 0 aromatic heterocycles. The molecular weight excluding hydrogens is 434 g/mol. The van der Waals surface area contributed by atoms with E-state index in [2.05, 4.69) is 32.4 Å². The molecule has 0 amide bonds. The van der Waals surface area contributed by atoms with E-state index in [4.69, 9.17) is 0 Å². The van der Waals surface area contributed by atoms with Gasteiger partial charge in [0.1, 0.15) is 0 Å². The molecule has 0 aliphatic heterocycles. The Morgan fingerprint density at radius 3 is 1.44 bits per heavy atom. The van der Waals surface area contributed by atoms with Crippen LogP contribution in [0.25, 0.3) is 0 Å². The van der Waals surface area contributed by atoms with Crippen LogP contribution in [0.15, 0.2) is 91.0 Å². The van der Waals surface area contributed by atoms with Gasteiger partial charge in [0.05, 0.1) is 6.17 Å². The van der Waals surface area contributed by atoms with Gasteiger partial charge < -0.3 is 4.57 Å². The molecule has 3 aromatic rings. The molecule has 0 fully saturated rings. The lowest BCUT2D eigenvalue weighted by Crippen LogP contribution is -2.50. The van der Waals surface area contributed by atoms with Crippen molar-refractivity contribution >= 4 is 31.2 Å². The first kappa shape index (κ1) is 24.7. The van der Waals surface area contributed by atoms with Gasteiger partial charge in [0, 0.05) is 28.0 Å². The molecule has 0 aliphatic rings. The summed E-state index contributed by atoms with van der Waals surface area (Å²) in [7, 11) is -5.49. The molecule has 0 radical (unpaired) electrons. The van der Waals surface area contributed by atoms with Gasteiger partial charge in [-0.15, -0.1) is 0 Å². The average Bonchev–Trinajstić information content (AvgIpc) is 2.80. The van der Waals surface area contributed by atoms with Crippen LogP contribution in [0.5, 0.6) is 0 Å². The van der Waals surface area contributed by atoms with Crippen LogP contribution in [0.1, 0.15) is 34.6 Å². The van der Waals surface area contributed by atoms with E-state index >= 15 is 4.57 Å². The standard InChI is InChI=1S/C26H34N2O2P2/c1-21(2)27(31(29)24-15-9-6-10-16-24)23(5)28(22(3)4)32(30,25-17-11-7-12-18-25)26-19-13-8-14-20-26/h6-23,31H,1-5H3. The quantitative estimate of drug-likeness (QED) is 0.308. The minimum atomic E-state index is -3.20. The Labute approximate surface area is 193 Å². The van der Waals surface area contributed by atoms with Crippen molar-refractivity contribution in [2.75, 3.05) is 0 Å². The summed E-state index contributed by atoms with van der Waals surface area (Å²) in [5, 5.41) is 2.39. The maximum atomic E-state index is 15.1. The van der Waals surface area contributed by atoms with Crippen molar-refractivity contribution in [3.8, 4) is 0 Å². The van der Waals surface area contributed by atoms with Gasteiger partial charge in [0.2, 0.25) is 7.29 Å². The Balaban J connectivity index is 2.16. The highest BCUT2D eigenvalue weighted by molar-refractivity contribution is 7.76. The summed E-state index contributed by atoms with van der Waals surface area (Å²) in [6.45, 7) is 10.3. The third kappa shape index (κ3) is 5.00. The number of hydrogen-bond acceptors (Lipinski definition) is 2. The third-order valence-corrected chi connectivity index (χ3v) is 11.3. The Bertz CT molecular complexity index is 1010. The number of benzene rings is 3. The van der Waals surface area contributed by atoms with Crippen LogP contribution in [-0.2, 0) is 9.13 Å². The maximum absolute atomic E-state index is 15.1. The third-order valence-electron chi connectivity index (χ3n) is 5.66. The lowest BCUT2D eigenvalue weighted by molar-refractivity contribution is 0.151. The number of hydrogen-bond donors (Lipinski definition) is 0. The van der Waals surface area contributed by atoms with E-state index in [0.717, 1.165) is 15.9 Å². The van der Waals surface area contributed by atoms with Crippen LogP contribution < -0.4 is 15.9 Å². The topological polar surface area (TPSA) is 40.6 Å². The van der Waals surface area contributed by atoms with Crippen molar-refractivity contribution in [3.05, 3.63) is 91.0 Å². The van der Waals surface area contributed by atoms with Crippen LogP contribution in [0.4, 0.5) is 0 Å². The first-order chi connectivity index (χ1) is 15.3. The number of nitrogens with zero attached hydrogens (tertiary/aromatic N) is 2. The molecule has 3 rings (SSSR count). The Kier molecular flexibility index (Phi) is 8.31. The average molecular weight is 469 g/mol. The second-order valence-corrected chi connectivity index (χ2v) is 12.9. The Hall–Kier alpha value is -1.96. The van der Waals surface area contributed by atoms with Gasteiger partial charge in [-0.05, 0) is 58.9 Å². The monoisotopic (exact) mass is 468 g/mol. The molecular formula is C26H34N2O2P2. The molecule has 0 saturated heterocycles. The van der Waals surface area contributed by atoms with Gasteiger partial charge in [0.25, 0.3) is 0 Å². The molecule has 4 nitrogen and oxygen atoms in total. The highest BCUT2D eigenvalue weighted by Crippen LogP contribution is 2.52. The van der Waals surface area contributed by atoms with Crippen LogP contribution in [0.3, 0.4) is 0 Å². The zero-order valence-corrected chi connectivity index (χ0v) is 21.4. The van der Waals surface area contributed by atoms with Crippen LogP contribution >= 0.6 is 15.2 Å². The summed E-state index contributed by atoms with van der Waals surface area (Å²) in [4.78, 5) is 0. The molecule has 0 saturated carbocycles. The van der Waals surface area contributed by atoms with Crippen LogP contribution in [0.2, 0.25) is 0 Å². The van der Waals surface area contributed by atoms with E-state index in [1.54, 1.807) is 0 Å². The summed E-state index contributed by atoms with van der Waals surface area (Å²) in [6, 6.07) is 28.9. The van der Waals surface area contributed by atoms with Gasteiger partial charge in [-0.3, -0.25) is 4.57 Å². The SMILES string of the molecule is CC(C)N(C(C)N(C(C)C)P(=O)(c1ccccc1)c1ccccc1)[PH](=O)c1ccccc1. The number of rotatable bonds is 9. The zero-order valence-electron chi connectivity index (χ0n) is 19.6. The Morgan fingerprint density at radius 2 is 1.06 bits per heavy atom. The van der Waals surface area contributed by atoms with Crippen molar-refractivity contribution in [1.29, 1.82) is 0 Å². The molecule has 0 N–H and O–H groups in total. The van der Waals surface area contributed by atoms with Gasteiger partial charge in [-0.25, -0.2) is 9.34 Å². The second kappa shape index (κ2) is 10.8.